The average molecular weight is 359 g/mol. The molecule has 1 heterocycles. The van der Waals surface area contributed by atoms with E-state index in [0.29, 0.717) is 19.3 Å². The molecule has 2 rings (SSSR count). The smallest absolute Gasteiger partial charge is 0.249 e. The zero-order valence-electron chi connectivity index (χ0n) is 14.9. The fraction of sp³-hybridized carbons (Fsp3) is 0.474. The normalized spacial score (nSPS) is 19.3. The summed E-state index contributed by atoms with van der Waals surface area (Å²) >= 11 is 0. The molecule has 0 aromatic heterocycles. The van der Waals surface area contributed by atoms with Crippen molar-refractivity contribution in [2.75, 3.05) is 0 Å². The van der Waals surface area contributed by atoms with Crippen LogP contribution in [-0.4, -0.2) is 29.7 Å². The van der Waals surface area contributed by atoms with Crippen molar-refractivity contribution in [2.45, 2.75) is 45.1 Å². The zero-order chi connectivity index (χ0) is 19.1. The first-order valence-corrected chi connectivity index (χ1v) is 8.89. The highest BCUT2D eigenvalue weighted by atomic mass is 16.2. The number of hydrogen-bond donors (Lipinski definition) is 3. The van der Waals surface area contributed by atoms with Crippen LogP contribution in [0.4, 0.5) is 0 Å². The van der Waals surface area contributed by atoms with Crippen LogP contribution < -0.4 is 16.4 Å². The lowest BCUT2D eigenvalue weighted by atomic mass is 9.82. The van der Waals surface area contributed by atoms with Gasteiger partial charge in [0.2, 0.25) is 23.6 Å². The van der Waals surface area contributed by atoms with Crippen LogP contribution in [0.2, 0.25) is 0 Å². The van der Waals surface area contributed by atoms with Gasteiger partial charge in [-0.25, -0.2) is 0 Å². The molecular weight excluding hydrogens is 334 g/mol. The Morgan fingerprint density at radius 3 is 2.50 bits per heavy atom. The Morgan fingerprint density at radius 1 is 1.23 bits per heavy atom. The zero-order valence-corrected chi connectivity index (χ0v) is 14.9. The number of carbonyl (C=O) groups is 4. The van der Waals surface area contributed by atoms with Crippen molar-refractivity contribution in [1.82, 2.24) is 10.6 Å². The molecule has 0 bridgehead atoms. The van der Waals surface area contributed by atoms with Crippen molar-refractivity contribution in [2.24, 2.45) is 17.6 Å². The molecule has 1 aromatic carbocycles. The molecule has 7 nitrogen and oxygen atoms in total. The maximum absolute atomic E-state index is 12.9. The van der Waals surface area contributed by atoms with Crippen molar-refractivity contribution < 1.29 is 19.2 Å². The second-order valence-electron chi connectivity index (χ2n) is 6.61. The molecule has 4 amide bonds. The average Bonchev–Trinajstić information content (AvgIpc) is 2.61. The third-order valence-electron chi connectivity index (χ3n) is 4.64. The van der Waals surface area contributed by atoms with E-state index in [2.05, 4.69) is 10.6 Å². The summed E-state index contributed by atoms with van der Waals surface area (Å²) < 4.78 is 0. The highest BCUT2D eigenvalue weighted by molar-refractivity contribution is 6.02. The minimum absolute atomic E-state index is 0.175. The Kier molecular flexibility index (Phi) is 6.89. The van der Waals surface area contributed by atoms with E-state index in [1.54, 1.807) is 0 Å². The van der Waals surface area contributed by atoms with E-state index in [4.69, 9.17) is 5.73 Å². The molecule has 140 valence electrons. The molecular formula is C19H25N3O4. The van der Waals surface area contributed by atoms with Crippen LogP contribution in [-0.2, 0) is 25.6 Å². The number of imide groups is 1. The van der Waals surface area contributed by atoms with Gasteiger partial charge in [-0.3, -0.25) is 24.5 Å². The fourth-order valence-electron chi connectivity index (χ4n) is 3.25. The number of rotatable bonds is 8. The van der Waals surface area contributed by atoms with Crippen molar-refractivity contribution in [3.05, 3.63) is 35.9 Å². The molecule has 1 unspecified atom stereocenters. The number of piperidine rings is 1. The largest absolute Gasteiger partial charge is 0.369 e. The summed E-state index contributed by atoms with van der Waals surface area (Å²) in [6.07, 6.45) is 1.99. The summed E-state index contributed by atoms with van der Waals surface area (Å²) in [5.74, 6) is -3.05. The summed E-state index contributed by atoms with van der Waals surface area (Å²) in [4.78, 5) is 48.0. The number of benzene rings is 1. The van der Waals surface area contributed by atoms with Gasteiger partial charge in [-0.15, -0.1) is 0 Å². The Morgan fingerprint density at radius 2 is 1.92 bits per heavy atom. The first-order chi connectivity index (χ1) is 12.4. The lowest BCUT2D eigenvalue weighted by Crippen LogP contribution is -2.54. The molecule has 1 aromatic rings. The minimum atomic E-state index is -0.770. The monoisotopic (exact) mass is 359 g/mol. The molecule has 1 saturated heterocycles. The van der Waals surface area contributed by atoms with Gasteiger partial charge >= 0.3 is 0 Å². The predicted molar refractivity (Wildman–Crippen MR) is 95.5 cm³/mol. The number of nitrogens with two attached hydrogens (primary N) is 1. The number of amides is 4. The van der Waals surface area contributed by atoms with Crippen LogP contribution in [0.15, 0.2) is 30.3 Å². The van der Waals surface area contributed by atoms with E-state index in [-0.39, 0.29) is 24.7 Å². The van der Waals surface area contributed by atoms with Crippen LogP contribution in [0.5, 0.6) is 0 Å². The van der Waals surface area contributed by atoms with Gasteiger partial charge in [0.05, 0.1) is 5.92 Å². The summed E-state index contributed by atoms with van der Waals surface area (Å²) in [6.45, 7) is 1.92. The molecule has 7 heteroatoms. The lowest BCUT2D eigenvalue weighted by Gasteiger charge is -2.28. The molecule has 1 aliphatic rings. The van der Waals surface area contributed by atoms with Crippen molar-refractivity contribution in [3.8, 4) is 0 Å². The highest BCUT2D eigenvalue weighted by Crippen LogP contribution is 2.23. The quantitative estimate of drug-likeness (QED) is 0.591. The standard InChI is InChI=1S/C19H25N3O4/c1-2-6-13(17(20)24)14(11-12-7-4-3-5-8-12)18(25)21-15-9-10-16(23)22-19(15)26/h3-5,7-8,13-15H,2,6,9-11H2,1H3,(H2,20,24)(H,21,25)(H,22,23,26)/t13?,14-,15-/m0/s1. The minimum Gasteiger partial charge on any atom is -0.369 e. The van der Waals surface area contributed by atoms with Gasteiger partial charge < -0.3 is 11.1 Å². The molecule has 1 fully saturated rings. The second-order valence-corrected chi connectivity index (χ2v) is 6.61. The van der Waals surface area contributed by atoms with Gasteiger partial charge in [-0.1, -0.05) is 43.7 Å². The number of hydrogen-bond acceptors (Lipinski definition) is 4. The Bertz CT molecular complexity index is 675. The number of nitrogens with one attached hydrogen (secondary N) is 2. The molecule has 0 saturated carbocycles. The lowest BCUT2D eigenvalue weighted by molar-refractivity contribution is -0.139. The molecule has 0 spiro atoms. The maximum atomic E-state index is 12.9. The van der Waals surface area contributed by atoms with Crippen LogP contribution in [0, 0.1) is 11.8 Å². The SMILES string of the molecule is CCCC(C(N)=O)[C@H](Cc1ccccc1)C(=O)N[C@H]1CCC(=O)NC1=O. The first kappa shape index (κ1) is 19.6. The van der Waals surface area contributed by atoms with Gasteiger partial charge in [0.25, 0.3) is 0 Å². The Labute approximate surface area is 152 Å². The van der Waals surface area contributed by atoms with Crippen LogP contribution >= 0.6 is 0 Å². The van der Waals surface area contributed by atoms with E-state index in [9.17, 15) is 19.2 Å². The molecule has 3 atom stereocenters. The summed E-state index contributed by atoms with van der Waals surface area (Å²) in [5.41, 5.74) is 6.47. The van der Waals surface area contributed by atoms with Crippen molar-refractivity contribution in [3.63, 3.8) is 0 Å². The first-order valence-electron chi connectivity index (χ1n) is 8.89. The second kappa shape index (κ2) is 9.12. The Balaban J connectivity index is 2.18. The summed E-state index contributed by atoms with van der Waals surface area (Å²) in [7, 11) is 0. The van der Waals surface area contributed by atoms with Gasteiger partial charge in [-0.05, 0) is 24.8 Å². The number of primary amides is 1. The topological polar surface area (TPSA) is 118 Å². The van der Waals surface area contributed by atoms with E-state index in [0.717, 1.165) is 5.56 Å². The van der Waals surface area contributed by atoms with E-state index < -0.39 is 29.7 Å². The predicted octanol–water partition coefficient (Wildman–Crippen LogP) is 0.668. The number of carbonyl (C=O) groups excluding carboxylic acids is 4. The van der Waals surface area contributed by atoms with Crippen LogP contribution in [0.3, 0.4) is 0 Å². The van der Waals surface area contributed by atoms with Gasteiger partial charge in [0.1, 0.15) is 6.04 Å². The maximum Gasteiger partial charge on any atom is 0.249 e. The van der Waals surface area contributed by atoms with E-state index in [1.807, 2.05) is 37.3 Å². The van der Waals surface area contributed by atoms with Gasteiger partial charge in [0.15, 0.2) is 0 Å². The fourth-order valence-corrected chi connectivity index (χ4v) is 3.25. The van der Waals surface area contributed by atoms with Gasteiger partial charge in [0, 0.05) is 12.3 Å². The molecule has 0 radical (unpaired) electrons. The molecule has 1 aliphatic heterocycles. The van der Waals surface area contributed by atoms with Crippen molar-refractivity contribution >= 4 is 23.6 Å². The summed E-state index contributed by atoms with van der Waals surface area (Å²) in [6, 6.07) is 8.60. The molecule has 26 heavy (non-hydrogen) atoms. The van der Waals surface area contributed by atoms with Gasteiger partial charge in [-0.2, -0.15) is 0 Å². The van der Waals surface area contributed by atoms with E-state index in [1.165, 1.54) is 0 Å². The van der Waals surface area contributed by atoms with Crippen molar-refractivity contribution in [1.29, 1.82) is 0 Å². The molecule has 0 aliphatic carbocycles. The highest BCUT2D eigenvalue weighted by Gasteiger charge is 2.35. The van der Waals surface area contributed by atoms with Crippen LogP contribution in [0.1, 0.15) is 38.2 Å². The Hall–Kier alpha value is -2.70. The molecule has 4 N–H and O–H groups in total. The third-order valence-corrected chi connectivity index (χ3v) is 4.64. The summed E-state index contributed by atoms with van der Waals surface area (Å²) in [5, 5.41) is 4.91. The van der Waals surface area contributed by atoms with E-state index >= 15 is 0 Å². The third kappa shape index (κ3) is 5.15. The van der Waals surface area contributed by atoms with Crippen LogP contribution in [0.25, 0.3) is 0 Å².